The fourth-order valence-electron chi connectivity index (χ4n) is 0.360. The maximum Gasteiger partial charge on any atom is 0.0819 e. The van der Waals surface area contributed by atoms with Crippen LogP contribution in [0.15, 0.2) is 10.6 Å². The zero-order valence-electron chi connectivity index (χ0n) is 10.9. The number of aryl methyl sites for hydroxylation is 1. The van der Waals surface area contributed by atoms with Crippen LogP contribution in [0.25, 0.3) is 0 Å². The van der Waals surface area contributed by atoms with Gasteiger partial charge < -0.3 is 4.98 Å². The quantitative estimate of drug-likeness (QED) is 0.632. The van der Waals surface area contributed by atoms with Crippen molar-refractivity contribution in [3.8, 4) is 0 Å². The highest BCUT2D eigenvalue weighted by Crippen LogP contribution is 2.18. The molecule has 8 heavy (non-hydrogen) atoms. The van der Waals surface area contributed by atoms with E-state index in [1.807, 2.05) is 0 Å². The number of aromatic nitrogens is 1. The highest BCUT2D eigenvalue weighted by Gasteiger charge is 1.96. The van der Waals surface area contributed by atoms with Crippen molar-refractivity contribution in [3.63, 3.8) is 0 Å². The molecule has 0 aliphatic rings. The highest BCUT2D eigenvalue weighted by molar-refractivity contribution is 9.10. The Bertz CT molecular complexity index is 374. The summed E-state index contributed by atoms with van der Waals surface area (Å²) in [6.07, 6.45) is -0.395. The highest BCUT2D eigenvalue weighted by atomic mass is 79.9. The average molecular weight is 181 g/mol. The van der Waals surface area contributed by atoms with E-state index in [-0.39, 0.29) is 15.7 Å². The topological polar surface area (TPSA) is 15.8 Å². The lowest BCUT2D eigenvalue weighted by Crippen LogP contribution is -1.66. The van der Waals surface area contributed by atoms with Crippen LogP contribution in [0, 0.1) is 13.7 Å². The van der Waals surface area contributed by atoms with Gasteiger partial charge in [0.15, 0.2) is 0 Å². The molecule has 0 unspecified atom stereocenters. The second-order valence-electron chi connectivity index (χ2n) is 1.31. The molecule has 1 aromatic rings. The Morgan fingerprint density at radius 1 is 1.88 bits per heavy atom. The minimum atomic E-state index is -2.50. The normalized spacial score (nSPS) is 25.9. The summed E-state index contributed by atoms with van der Waals surface area (Å²) in [6, 6.07) is 0. The Labute approximate surface area is 67.1 Å². The molecule has 1 rings (SSSR count). The van der Waals surface area contributed by atoms with E-state index < -0.39 is 19.9 Å². The van der Waals surface area contributed by atoms with Crippen molar-refractivity contribution in [3.05, 3.63) is 21.9 Å². The molecule has 0 saturated carbocycles. The van der Waals surface area contributed by atoms with E-state index in [0.29, 0.717) is 0 Å². The third-order valence-electron chi connectivity index (χ3n) is 0.751. The number of H-pyrrole nitrogens is 1. The molecule has 1 aromatic heterocycles. The van der Waals surface area contributed by atoms with Gasteiger partial charge in [0.2, 0.25) is 0 Å². The lowest BCUT2D eigenvalue weighted by atomic mass is 10.4. The van der Waals surface area contributed by atoms with Gasteiger partial charge in [-0.2, -0.15) is 0 Å². The molecule has 0 radical (unpaired) electrons. The molecule has 2 heteroatoms. The van der Waals surface area contributed by atoms with Gasteiger partial charge in [-0.25, -0.2) is 0 Å². The summed E-state index contributed by atoms with van der Waals surface area (Å²) in [4.78, 5) is 2.26. The number of hydrogen-bond donors (Lipinski definition) is 1. The summed E-state index contributed by atoms with van der Waals surface area (Å²) in [5.74, 6) is 0. The standard InChI is InChI=1S/C6H8BrN/c1-4-3-8-5(2)6(4)7/h3,8H,1-2H3/i1D3,2D3,3D. The van der Waals surface area contributed by atoms with E-state index in [0.717, 1.165) is 0 Å². The minimum absolute atomic E-state index is 0.0625. The van der Waals surface area contributed by atoms with E-state index >= 15 is 0 Å². The number of nitrogens with one attached hydrogen (secondary N) is 1. The minimum Gasteiger partial charge on any atom is -0.364 e. The molecule has 1 nitrogen and oxygen atoms in total. The van der Waals surface area contributed by atoms with Crippen LogP contribution in [0.3, 0.4) is 0 Å². The predicted octanol–water partition coefficient (Wildman–Crippen LogP) is 2.39. The van der Waals surface area contributed by atoms with Gasteiger partial charge in [0.25, 0.3) is 0 Å². The van der Waals surface area contributed by atoms with Crippen molar-refractivity contribution in [2.75, 3.05) is 0 Å². The molecule has 0 aliphatic heterocycles. The largest absolute Gasteiger partial charge is 0.364 e. The van der Waals surface area contributed by atoms with Crippen LogP contribution in [0.5, 0.6) is 0 Å². The lowest BCUT2D eigenvalue weighted by molar-refractivity contribution is 1.25. The Morgan fingerprint density at radius 2 is 2.75 bits per heavy atom. The fraction of sp³-hybridized carbons (Fsp3) is 0.333. The summed E-state index contributed by atoms with van der Waals surface area (Å²) < 4.78 is 50.2. The van der Waals surface area contributed by atoms with Crippen LogP contribution in [-0.4, -0.2) is 4.98 Å². The Hall–Kier alpha value is -0.240. The first-order chi connectivity index (χ1) is 6.55. The van der Waals surface area contributed by atoms with Crippen molar-refractivity contribution in [2.45, 2.75) is 13.7 Å². The molecule has 0 bridgehead atoms. The third kappa shape index (κ3) is 0.802. The van der Waals surface area contributed by atoms with E-state index in [1.54, 1.807) is 0 Å². The smallest absolute Gasteiger partial charge is 0.0819 e. The summed E-state index contributed by atoms with van der Waals surface area (Å²) in [5.41, 5.74) is -0.549. The first-order valence-electron chi connectivity index (χ1n) is 5.44. The predicted molar refractivity (Wildman–Crippen MR) is 38.0 cm³/mol. The van der Waals surface area contributed by atoms with Crippen LogP contribution in [-0.2, 0) is 0 Å². The third-order valence-corrected chi connectivity index (χ3v) is 1.54. The lowest BCUT2D eigenvalue weighted by Gasteiger charge is -1.84. The number of rotatable bonds is 0. The zero-order valence-corrected chi connectivity index (χ0v) is 5.46. The van der Waals surface area contributed by atoms with E-state index in [1.165, 1.54) is 0 Å². The number of aromatic amines is 1. The second kappa shape index (κ2) is 1.94. The van der Waals surface area contributed by atoms with E-state index in [9.17, 15) is 0 Å². The molecule has 1 heterocycles. The molecular formula is C6H8BrN. The Morgan fingerprint density at radius 3 is 3.12 bits per heavy atom. The van der Waals surface area contributed by atoms with Crippen molar-refractivity contribution in [1.29, 1.82) is 0 Å². The van der Waals surface area contributed by atoms with Gasteiger partial charge in [0.05, 0.1) is 1.37 Å². The summed E-state index contributed by atoms with van der Waals surface area (Å²) >= 11 is 2.90. The van der Waals surface area contributed by atoms with Crippen molar-refractivity contribution < 1.29 is 9.60 Å². The second-order valence-corrected chi connectivity index (χ2v) is 2.11. The van der Waals surface area contributed by atoms with Crippen LogP contribution in [0.2, 0.25) is 0 Å². The Balaban J connectivity index is 3.41. The monoisotopic (exact) mass is 180 g/mol. The van der Waals surface area contributed by atoms with Crippen molar-refractivity contribution >= 4 is 15.9 Å². The zero-order chi connectivity index (χ0) is 12.0. The van der Waals surface area contributed by atoms with Gasteiger partial charge in [-0.1, -0.05) is 0 Å². The molecule has 0 saturated heterocycles. The SMILES string of the molecule is [2H]c1[nH]c(C([2H])([2H])[2H])c(Br)c1C([2H])([2H])[2H]. The molecule has 0 aliphatic carbocycles. The molecular weight excluding hydrogens is 166 g/mol. The van der Waals surface area contributed by atoms with Gasteiger partial charge in [0.1, 0.15) is 0 Å². The average Bonchev–Trinajstić information content (AvgIpc) is 2.22. The van der Waals surface area contributed by atoms with Crippen LogP contribution in [0.1, 0.15) is 20.9 Å². The number of halogens is 1. The first kappa shape index (κ1) is 1.63. The summed E-state index contributed by atoms with van der Waals surface area (Å²) in [6.45, 7) is -4.96. The van der Waals surface area contributed by atoms with Gasteiger partial charge in [-0.15, -0.1) is 0 Å². The molecule has 0 atom stereocenters. The first-order valence-corrected chi connectivity index (χ1v) is 2.73. The summed E-state index contributed by atoms with van der Waals surface area (Å²) in [7, 11) is 0. The maximum atomic E-state index is 7.37. The van der Waals surface area contributed by atoms with Crippen LogP contribution in [0.4, 0.5) is 0 Å². The molecule has 1 N–H and O–H groups in total. The van der Waals surface area contributed by atoms with E-state index in [4.69, 9.17) is 9.60 Å². The van der Waals surface area contributed by atoms with Crippen LogP contribution < -0.4 is 0 Å². The molecule has 0 spiro atoms. The van der Waals surface area contributed by atoms with Gasteiger partial charge in [-0.3, -0.25) is 0 Å². The molecule has 0 amide bonds. The molecule has 44 valence electrons. The maximum absolute atomic E-state index is 7.37. The van der Waals surface area contributed by atoms with Crippen molar-refractivity contribution in [2.24, 2.45) is 0 Å². The van der Waals surface area contributed by atoms with Crippen molar-refractivity contribution in [1.82, 2.24) is 4.98 Å². The molecule has 0 aromatic carbocycles. The number of hydrogen-bond acceptors (Lipinski definition) is 0. The van der Waals surface area contributed by atoms with E-state index in [2.05, 4.69) is 20.9 Å². The van der Waals surface area contributed by atoms with Gasteiger partial charge in [0, 0.05) is 24.6 Å². The summed E-state index contributed by atoms with van der Waals surface area (Å²) in [5, 5.41) is 0. The van der Waals surface area contributed by atoms with Gasteiger partial charge in [-0.05, 0) is 35.2 Å². The molecule has 0 fully saturated rings. The fourth-order valence-corrected chi connectivity index (χ4v) is 0.558. The Kier molecular flexibility index (Phi) is 0.394. The van der Waals surface area contributed by atoms with Crippen LogP contribution >= 0.6 is 15.9 Å². The van der Waals surface area contributed by atoms with Gasteiger partial charge >= 0.3 is 0 Å².